The van der Waals surface area contributed by atoms with Crippen molar-refractivity contribution in [1.82, 2.24) is 4.90 Å². The van der Waals surface area contributed by atoms with Crippen molar-refractivity contribution in [2.45, 2.75) is 20.0 Å². The Kier molecular flexibility index (Phi) is 3.31. The maximum Gasteiger partial charge on any atom is 0.414 e. The van der Waals surface area contributed by atoms with Gasteiger partial charge in [-0.05, 0) is 13.8 Å². The summed E-state index contributed by atoms with van der Waals surface area (Å²) in [4.78, 5) is 12.8. The molecule has 1 amide bonds. The number of hydrogen-bond acceptors (Lipinski definition) is 3. The molecule has 1 atom stereocenters. The average Bonchev–Trinajstić information content (AvgIpc) is 2.83. The fourth-order valence-corrected chi connectivity index (χ4v) is 0.965. The van der Waals surface area contributed by atoms with Crippen LogP contribution >= 0.6 is 0 Å². The van der Waals surface area contributed by atoms with E-state index in [0.717, 1.165) is 6.61 Å². The second kappa shape index (κ2) is 4.28. The van der Waals surface area contributed by atoms with E-state index in [1.165, 1.54) is 4.90 Å². The molecular weight excluding hydrogens is 170 g/mol. The third kappa shape index (κ3) is 3.06. The van der Waals surface area contributed by atoms with Crippen molar-refractivity contribution in [1.29, 1.82) is 0 Å². The molecule has 74 valence electrons. The van der Waals surface area contributed by atoms with Crippen molar-refractivity contribution in [2.24, 2.45) is 0 Å². The van der Waals surface area contributed by atoms with Crippen LogP contribution in [-0.4, -0.2) is 36.9 Å². The zero-order valence-corrected chi connectivity index (χ0v) is 8.08. The van der Waals surface area contributed by atoms with Crippen molar-refractivity contribution in [3.05, 3.63) is 12.3 Å². The number of epoxide rings is 1. The van der Waals surface area contributed by atoms with Crippen LogP contribution in [0.3, 0.4) is 0 Å². The van der Waals surface area contributed by atoms with E-state index in [2.05, 4.69) is 6.58 Å². The van der Waals surface area contributed by atoms with Crippen molar-refractivity contribution in [2.75, 3.05) is 19.8 Å². The quantitative estimate of drug-likeness (QED) is 0.621. The number of carbonyl (C=O) groups is 1. The number of nitrogens with zero attached hydrogens (tertiary/aromatic N) is 1. The van der Waals surface area contributed by atoms with Gasteiger partial charge in [-0.15, -0.1) is 0 Å². The minimum atomic E-state index is -0.342. The second-order valence-electron chi connectivity index (χ2n) is 3.00. The van der Waals surface area contributed by atoms with Crippen LogP contribution in [0.2, 0.25) is 0 Å². The fraction of sp³-hybridized carbons (Fsp3) is 0.667. The van der Waals surface area contributed by atoms with Crippen molar-refractivity contribution in [3.8, 4) is 0 Å². The molecule has 4 heteroatoms. The van der Waals surface area contributed by atoms with Crippen LogP contribution in [-0.2, 0) is 9.47 Å². The molecule has 0 aromatic carbocycles. The van der Waals surface area contributed by atoms with Gasteiger partial charge in [-0.1, -0.05) is 6.58 Å². The maximum atomic E-state index is 11.3. The van der Waals surface area contributed by atoms with Gasteiger partial charge in [0.25, 0.3) is 0 Å². The number of rotatable bonds is 4. The van der Waals surface area contributed by atoms with Crippen LogP contribution in [0.25, 0.3) is 0 Å². The summed E-state index contributed by atoms with van der Waals surface area (Å²) in [5.74, 6) is 0. The van der Waals surface area contributed by atoms with Gasteiger partial charge in [-0.3, -0.25) is 4.90 Å². The van der Waals surface area contributed by atoms with E-state index in [4.69, 9.17) is 9.47 Å². The first-order valence-corrected chi connectivity index (χ1v) is 4.36. The van der Waals surface area contributed by atoms with Gasteiger partial charge in [0.15, 0.2) is 0 Å². The highest BCUT2D eigenvalue weighted by molar-refractivity contribution is 5.69. The summed E-state index contributed by atoms with van der Waals surface area (Å²) >= 11 is 0. The molecule has 0 N–H and O–H groups in total. The molecule has 0 aliphatic carbocycles. The molecule has 1 rings (SSSR count). The highest BCUT2D eigenvalue weighted by Crippen LogP contribution is 2.14. The van der Waals surface area contributed by atoms with Gasteiger partial charge in [-0.2, -0.15) is 0 Å². The average molecular weight is 185 g/mol. The normalized spacial score (nSPS) is 19.4. The molecule has 0 bridgehead atoms. The topological polar surface area (TPSA) is 42.1 Å². The molecule has 4 nitrogen and oxygen atoms in total. The lowest BCUT2D eigenvalue weighted by Gasteiger charge is -2.20. The zero-order chi connectivity index (χ0) is 9.84. The number of ether oxygens (including phenoxy) is 2. The number of allylic oxidation sites excluding steroid dienone is 1. The van der Waals surface area contributed by atoms with Crippen molar-refractivity contribution in [3.63, 3.8) is 0 Å². The number of carbonyl (C=O) groups excluding carboxylic acids is 1. The minimum Gasteiger partial charge on any atom is -0.449 e. The van der Waals surface area contributed by atoms with E-state index in [1.54, 1.807) is 13.8 Å². The van der Waals surface area contributed by atoms with Gasteiger partial charge in [0.1, 0.15) is 0 Å². The Bertz CT molecular complexity index is 211. The molecule has 1 unspecified atom stereocenters. The summed E-state index contributed by atoms with van der Waals surface area (Å²) in [6, 6.07) is 0. The Labute approximate surface area is 78.1 Å². The molecule has 1 saturated heterocycles. The van der Waals surface area contributed by atoms with Crippen LogP contribution in [0.15, 0.2) is 12.3 Å². The first-order valence-electron chi connectivity index (χ1n) is 4.36. The molecule has 0 aromatic heterocycles. The van der Waals surface area contributed by atoms with E-state index >= 15 is 0 Å². The Hall–Kier alpha value is -1.03. The van der Waals surface area contributed by atoms with Gasteiger partial charge in [0, 0.05) is 5.70 Å². The smallest absolute Gasteiger partial charge is 0.414 e. The van der Waals surface area contributed by atoms with Gasteiger partial charge >= 0.3 is 6.09 Å². The second-order valence-corrected chi connectivity index (χ2v) is 3.00. The summed E-state index contributed by atoms with van der Waals surface area (Å²) in [6.07, 6.45) is -0.174. The van der Waals surface area contributed by atoms with Gasteiger partial charge < -0.3 is 9.47 Å². The standard InChI is InChI=1S/C9H15NO3/c1-4-12-9(11)10(7(2)3)5-8-6-13-8/h8H,2,4-6H2,1,3H3. The largest absolute Gasteiger partial charge is 0.449 e. The molecule has 0 radical (unpaired) electrons. The summed E-state index contributed by atoms with van der Waals surface area (Å²) in [5, 5.41) is 0. The SMILES string of the molecule is C=C(C)N(CC1CO1)C(=O)OCC. The van der Waals surface area contributed by atoms with Crippen LogP contribution in [0.4, 0.5) is 4.79 Å². The Morgan fingerprint density at radius 1 is 1.77 bits per heavy atom. The third-order valence-electron chi connectivity index (χ3n) is 1.74. The summed E-state index contributed by atoms with van der Waals surface area (Å²) < 4.78 is 9.89. The molecule has 0 saturated carbocycles. The summed E-state index contributed by atoms with van der Waals surface area (Å²) in [7, 11) is 0. The lowest BCUT2D eigenvalue weighted by Crippen LogP contribution is -2.32. The first-order chi connectivity index (χ1) is 6.15. The monoisotopic (exact) mass is 185 g/mol. The zero-order valence-electron chi connectivity index (χ0n) is 8.08. The summed E-state index contributed by atoms with van der Waals surface area (Å²) in [5.41, 5.74) is 0.689. The van der Waals surface area contributed by atoms with Crippen molar-refractivity contribution < 1.29 is 14.3 Å². The van der Waals surface area contributed by atoms with E-state index in [9.17, 15) is 4.79 Å². The fourth-order valence-electron chi connectivity index (χ4n) is 0.965. The first kappa shape index (κ1) is 10.1. The van der Waals surface area contributed by atoms with Crippen LogP contribution in [0.1, 0.15) is 13.8 Å². The number of amides is 1. The number of hydrogen-bond donors (Lipinski definition) is 0. The maximum absolute atomic E-state index is 11.3. The van der Waals surface area contributed by atoms with E-state index in [1.807, 2.05) is 0 Å². The van der Waals surface area contributed by atoms with Crippen LogP contribution in [0.5, 0.6) is 0 Å². The lowest BCUT2D eigenvalue weighted by atomic mass is 10.4. The molecule has 1 aliphatic rings. The molecular formula is C9H15NO3. The Morgan fingerprint density at radius 2 is 2.38 bits per heavy atom. The highest BCUT2D eigenvalue weighted by Gasteiger charge is 2.28. The van der Waals surface area contributed by atoms with E-state index < -0.39 is 0 Å². The molecule has 1 fully saturated rings. The lowest BCUT2D eigenvalue weighted by molar-refractivity contribution is 0.116. The minimum absolute atomic E-state index is 0.168. The molecule has 1 heterocycles. The van der Waals surface area contributed by atoms with Gasteiger partial charge in [0.05, 0.1) is 25.9 Å². The summed E-state index contributed by atoms with van der Waals surface area (Å²) in [6.45, 7) is 8.92. The van der Waals surface area contributed by atoms with Crippen LogP contribution in [0, 0.1) is 0 Å². The van der Waals surface area contributed by atoms with Gasteiger partial charge in [-0.25, -0.2) is 4.79 Å². The molecule has 0 aromatic rings. The Morgan fingerprint density at radius 3 is 2.77 bits per heavy atom. The van der Waals surface area contributed by atoms with E-state index in [0.29, 0.717) is 18.8 Å². The third-order valence-corrected chi connectivity index (χ3v) is 1.74. The van der Waals surface area contributed by atoms with Gasteiger partial charge in [0.2, 0.25) is 0 Å². The predicted octanol–water partition coefficient (Wildman–Crippen LogP) is 1.38. The molecule has 13 heavy (non-hydrogen) atoms. The Balaban J connectivity index is 2.44. The highest BCUT2D eigenvalue weighted by atomic mass is 16.6. The van der Waals surface area contributed by atoms with Crippen LogP contribution < -0.4 is 0 Å². The van der Waals surface area contributed by atoms with Crippen molar-refractivity contribution >= 4 is 6.09 Å². The molecule has 0 spiro atoms. The van der Waals surface area contributed by atoms with E-state index in [-0.39, 0.29) is 12.2 Å². The molecule has 1 aliphatic heterocycles. The predicted molar refractivity (Wildman–Crippen MR) is 48.3 cm³/mol.